The predicted octanol–water partition coefficient (Wildman–Crippen LogP) is 2.08. The molecule has 4 heteroatoms. The highest BCUT2D eigenvalue weighted by atomic mass is 35.5. The van der Waals surface area contributed by atoms with Gasteiger partial charge < -0.3 is 4.74 Å². The first kappa shape index (κ1) is 8.27. The molecule has 0 aliphatic heterocycles. The van der Waals surface area contributed by atoms with Crippen LogP contribution in [0, 0.1) is 0 Å². The Morgan fingerprint density at radius 1 is 1.55 bits per heavy atom. The highest BCUT2D eigenvalue weighted by molar-refractivity contribution is 6.29. The van der Waals surface area contributed by atoms with Gasteiger partial charge in [0.2, 0.25) is 0 Å². The molecule has 1 heterocycles. The van der Waals surface area contributed by atoms with E-state index in [9.17, 15) is 4.39 Å². The van der Waals surface area contributed by atoms with Gasteiger partial charge in [-0.25, -0.2) is 9.37 Å². The number of aromatic nitrogens is 1. The standard InChI is InChI=1S/C7H7ClFNO/c8-7-2-1-6(5-10-7)11-4-3-9/h1-2,5H,3-4H2. The van der Waals surface area contributed by atoms with E-state index in [1.165, 1.54) is 6.20 Å². The van der Waals surface area contributed by atoms with Crippen LogP contribution in [-0.4, -0.2) is 18.3 Å². The van der Waals surface area contributed by atoms with Crippen LogP contribution < -0.4 is 4.74 Å². The van der Waals surface area contributed by atoms with Gasteiger partial charge in [-0.2, -0.15) is 0 Å². The number of halogens is 2. The molecule has 0 amide bonds. The van der Waals surface area contributed by atoms with Gasteiger partial charge in [0, 0.05) is 0 Å². The van der Waals surface area contributed by atoms with Crippen molar-refractivity contribution in [1.29, 1.82) is 0 Å². The van der Waals surface area contributed by atoms with Crippen molar-refractivity contribution in [2.45, 2.75) is 0 Å². The zero-order valence-corrected chi connectivity index (χ0v) is 6.51. The van der Waals surface area contributed by atoms with E-state index in [4.69, 9.17) is 16.3 Å². The fourth-order valence-electron chi connectivity index (χ4n) is 0.604. The number of nitrogens with zero attached hydrogens (tertiary/aromatic N) is 1. The molecule has 0 bridgehead atoms. The van der Waals surface area contributed by atoms with Crippen molar-refractivity contribution < 1.29 is 9.13 Å². The lowest BCUT2D eigenvalue weighted by atomic mass is 10.5. The molecule has 1 aromatic heterocycles. The van der Waals surface area contributed by atoms with Crippen LogP contribution in [0.3, 0.4) is 0 Å². The Bertz CT molecular complexity index is 214. The molecule has 1 rings (SSSR count). The second-order valence-corrected chi connectivity index (χ2v) is 2.24. The number of hydrogen-bond acceptors (Lipinski definition) is 2. The average molecular weight is 176 g/mol. The number of ether oxygens (including phenoxy) is 1. The van der Waals surface area contributed by atoms with E-state index < -0.39 is 6.67 Å². The number of pyridine rings is 1. The van der Waals surface area contributed by atoms with Crippen molar-refractivity contribution in [3.05, 3.63) is 23.5 Å². The van der Waals surface area contributed by atoms with Crippen LogP contribution in [-0.2, 0) is 0 Å². The number of alkyl halides is 1. The van der Waals surface area contributed by atoms with E-state index in [1.807, 2.05) is 0 Å². The maximum Gasteiger partial charge on any atom is 0.137 e. The molecule has 1 aromatic rings. The maximum atomic E-state index is 11.6. The van der Waals surface area contributed by atoms with E-state index >= 15 is 0 Å². The van der Waals surface area contributed by atoms with Gasteiger partial charge in [0.15, 0.2) is 0 Å². The molecular formula is C7H7ClFNO. The largest absolute Gasteiger partial charge is 0.489 e. The third kappa shape index (κ3) is 2.72. The minimum Gasteiger partial charge on any atom is -0.489 e. The van der Waals surface area contributed by atoms with E-state index in [0.29, 0.717) is 10.9 Å². The summed E-state index contributed by atoms with van der Waals surface area (Å²) in [6.45, 7) is -0.439. The lowest BCUT2D eigenvalue weighted by Gasteiger charge is -2.00. The summed E-state index contributed by atoms with van der Waals surface area (Å²) in [5.74, 6) is 0.534. The molecule has 0 saturated heterocycles. The highest BCUT2D eigenvalue weighted by Gasteiger charge is 1.92. The summed E-state index contributed by atoms with van der Waals surface area (Å²) in [4.78, 5) is 3.75. The predicted molar refractivity (Wildman–Crippen MR) is 40.7 cm³/mol. The van der Waals surface area contributed by atoms with Crippen LogP contribution in [0.15, 0.2) is 18.3 Å². The zero-order valence-electron chi connectivity index (χ0n) is 5.76. The Kier molecular flexibility index (Phi) is 3.11. The molecular weight excluding hydrogens is 169 g/mol. The maximum absolute atomic E-state index is 11.6. The van der Waals surface area contributed by atoms with Crippen molar-refractivity contribution in [1.82, 2.24) is 4.98 Å². The molecule has 0 aliphatic carbocycles. The van der Waals surface area contributed by atoms with Crippen LogP contribution in [0.2, 0.25) is 5.15 Å². The molecule has 0 aromatic carbocycles. The molecule has 0 radical (unpaired) electrons. The molecule has 0 N–H and O–H groups in total. The average Bonchev–Trinajstić information content (AvgIpc) is 2.04. The zero-order chi connectivity index (χ0) is 8.10. The molecule has 0 fully saturated rings. The van der Waals surface area contributed by atoms with E-state index in [2.05, 4.69) is 4.98 Å². The van der Waals surface area contributed by atoms with Gasteiger partial charge in [-0.3, -0.25) is 0 Å². The van der Waals surface area contributed by atoms with Crippen molar-refractivity contribution >= 4 is 11.6 Å². The minimum atomic E-state index is -0.497. The first-order valence-electron chi connectivity index (χ1n) is 3.13. The van der Waals surface area contributed by atoms with Crippen LogP contribution >= 0.6 is 11.6 Å². The van der Waals surface area contributed by atoms with Gasteiger partial charge in [0.05, 0.1) is 6.20 Å². The Hall–Kier alpha value is -0.830. The molecule has 0 saturated carbocycles. The van der Waals surface area contributed by atoms with E-state index in [0.717, 1.165) is 0 Å². The quantitative estimate of drug-likeness (QED) is 0.657. The minimum absolute atomic E-state index is 0.0588. The van der Waals surface area contributed by atoms with Gasteiger partial charge in [0.1, 0.15) is 24.2 Å². The summed E-state index contributed by atoms with van der Waals surface area (Å²) in [6, 6.07) is 3.24. The topological polar surface area (TPSA) is 22.1 Å². The summed E-state index contributed by atoms with van der Waals surface area (Å²) < 4.78 is 16.5. The molecule has 0 aliphatic rings. The molecule has 60 valence electrons. The van der Waals surface area contributed by atoms with Gasteiger partial charge in [-0.15, -0.1) is 0 Å². The molecule has 0 atom stereocenters. The summed E-state index contributed by atoms with van der Waals surface area (Å²) >= 11 is 5.50. The third-order valence-electron chi connectivity index (χ3n) is 1.05. The van der Waals surface area contributed by atoms with Crippen molar-refractivity contribution in [2.75, 3.05) is 13.3 Å². The van der Waals surface area contributed by atoms with Crippen LogP contribution in [0.4, 0.5) is 4.39 Å². The smallest absolute Gasteiger partial charge is 0.137 e. The van der Waals surface area contributed by atoms with Crippen molar-refractivity contribution in [2.24, 2.45) is 0 Å². The summed E-state index contributed by atoms with van der Waals surface area (Å²) in [6.07, 6.45) is 1.46. The van der Waals surface area contributed by atoms with Crippen LogP contribution in [0.1, 0.15) is 0 Å². The lowest BCUT2D eigenvalue weighted by Crippen LogP contribution is -1.98. The molecule has 2 nitrogen and oxygen atoms in total. The fourth-order valence-corrected chi connectivity index (χ4v) is 0.716. The monoisotopic (exact) mass is 175 g/mol. The summed E-state index contributed by atoms with van der Waals surface area (Å²) in [7, 11) is 0. The Labute approximate surface area is 69.0 Å². The Balaban J connectivity index is 2.52. The molecule has 0 spiro atoms. The van der Waals surface area contributed by atoms with Crippen molar-refractivity contribution in [3.63, 3.8) is 0 Å². The van der Waals surface area contributed by atoms with E-state index in [-0.39, 0.29) is 6.61 Å². The van der Waals surface area contributed by atoms with Gasteiger partial charge in [0.25, 0.3) is 0 Å². The fraction of sp³-hybridized carbons (Fsp3) is 0.286. The normalized spacial score (nSPS) is 9.64. The second kappa shape index (κ2) is 4.13. The SMILES string of the molecule is FCCOc1ccc(Cl)nc1. The van der Waals surface area contributed by atoms with Crippen molar-refractivity contribution in [3.8, 4) is 5.75 Å². The first-order valence-corrected chi connectivity index (χ1v) is 3.51. The van der Waals surface area contributed by atoms with E-state index in [1.54, 1.807) is 12.1 Å². The third-order valence-corrected chi connectivity index (χ3v) is 1.27. The number of hydrogen-bond donors (Lipinski definition) is 0. The summed E-state index contributed by atoms with van der Waals surface area (Å²) in [5.41, 5.74) is 0. The first-order chi connectivity index (χ1) is 5.33. The molecule has 0 unspecified atom stereocenters. The van der Waals surface area contributed by atoms with Crippen LogP contribution in [0.5, 0.6) is 5.75 Å². The Morgan fingerprint density at radius 3 is 2.91 bits per heavy atom. The second-order valence-electron chi connectivity index (χ2n) is 1.85. The van der Waals surface area contributed by atoms with Crippen LogP contribution in [0.25, 0.3) is 0 Å². The van der Waals surface area contributed by atoms with Gasteiger partial charge in [-0.1, -0.05) is 11.6 Å². The number of rotatable bonds is 3. The lowest BCUT2D eigenvalue weighted by molar-refractivity contribution is 0.272. The Morgan fingerprint density at radius 2 is 2.36 bits per heavy atom. The highest BCUT2D eigenvalue weighted by Crippen LogP contribution is 2.11. The summed E-state index contributed by atoms with van der Waals surface area (Å²) in [5, 5.41) is 0.401. The van der Waals surface area contributed by atoms with Gasteiger partial charge >= 0.3 is 0 Å². The molecule has 11 heavy (non-hydrogen) atoms. The van der Waals surface area contributed by atoms with Gasteiger partial charge in [-0.05, 0) is 12.1 Å².